The lowest BCUT2D eigenvalue weighted by Crippen LogP contribution is -2.47. The van der Waals surface area contributed by atoms with Crippen LogP contribution in [-0.4, -0.2) is 25.0 Å². The van der Waals surface area contributed by atoms with Gasteiger partial charge >= 0.3 is 0 Å². The van der Waals surface area contributed by atoms with Gasteiger partial charge in [0.15, 0.2) is 0 Å². The Labute approximate surface area is 156 Å². The van der Waals surface area contributed by atoms with Crippen LogP contribution in [0.5, 0.6) is 5.75 Å². The lowest BCUT2D eigenvalue weighted by Gasteiger charge is -2.22. The molecule has 0 radical (unpaired) electrons. The standard InChI is InChI=1S/C19H20ClFN2O3/c1-11(2)17(23-18(24)13-6-4-5-7-15(13)21)19(25)22-12-8-9-16(26-3)14(20)10-12/h4-11,17H,1-3H3,(H,22,25)(H,23,24). The van der Waals surface area contributed by atoms with Crippen LogP contribution < -0.4 is 15.4 Å². The maximum atomic E-state index is 13.8. The molecule has 2 aromatic carbocycles. The number of carbonyl (C=O) groups is 2. The molecule has 0 saturated carbocycles. The van der Waals surface area contributed by atoms with E-state index in [-0.39, 0.29) is 11.5 Å². The van der Waals surface area contributed by atoms with E-state index in [0.717, 1.165) is 0 Å². The second kappa shape index (κ2) is 8.67. The van der Waals surface area contributed by atoms with Crippen molar-refractivity contribution in [3.8, 4) is 5.75 Å². The summed E-state index contributed by atoms with van der Waals surface area (Å²) in [6.45, 7) is 3.57. The molecular formula is C19H20ClFN2O3. The normalized spacial score (nSPS) is 11.8. The molecule has 0 aliphatic rings. The predicted molar refractivity (Wildman–Crippen MR) is 99.1 cm³/mol. The third-order valence-electron chi connectivity index (χ3n) is 3.77. The highest BCUT2D eigenvalue weighted by atomic mass is 35.5. The van der Waals surface area contributed by atoms with E-state index in [4.69, 9.17) is 16.3 Å². The molecule has 0 aromatic heterocycles. The van der Waals surface area contributed by atoms with Crippen molar-refractivity contribution < 1.29 is 18.7 Å². The molecule has 0 aliphatic heterocycles. The molecule has 0 aliphatic carbocycles. The van der Waals surface area contributed by atoms with Crippen molar-refractivity contribution in [2.24, 2.45) is 5.92 Å². The summed E-state index contributed by atoms with van der Waals surface area (Å²) in [4.78, 5) is 24.9. The van der Waals surface area contributed by atoms with Crippen LogP contribution in [0.4, 0.5) is 10.1 Å². The molecule has 0 bridgehead atoms. The molecule has 0 heterocycles. The van der Waals surface area contributed by atoms with Gasteiger partial charge in [-0.1, -0.05) is 37.6 Å². The average molecular weight is 379 g/mol. The number of ether oxygens (including phenoxy) is 1. The number of methoxy groups -OCH3 is 1. The number of hydrogen-bond acceptors (Lipinski definition) is 3. The van der Waals surface area contributed by atoms with Crippen LogP contribution >= 0.6 is 11.6 Å². The fraction of sp³-hybridized carbons (Fsp3) is 0.263. The molecule has 0 saturated heterocycles. The fourth-order valence-electron chi connectivity index (χ4n) is 2.36. The highest BCUT2D eigenvalue weighted by molar-refractivity contribution is 6.32. The molecule has 138 valence electrons. The number of amides is 2. The minimum absolute atomic E-state index is 0.113. The summed E-state index contributed by atoms with van der Waals surface area (Å²) in [6.07, 6.45) is 0. The van der Waals surface area contributed by atoms with Gasteiger partial charge in [-0.05, 0) is 36.2 Å². The van der Waals surface area contributed by atoms with Crippen molar-refractivity contribution >= 4 is 29.1 Å². The monoisotopic (exact) mass is 378 g/mol. The van der Waals surface area contributed by atoms with Crippen molar-refractivity contribution in [2.45, 2.75) is 19.9 Å². The van der Waals surface area contributed by atoms with E-state index < -0.39 is 23.7 Å². The quantitative estimate of drug-likeness (QED) is 0.801. The smallest absolute Gasteiger partial charge is 0.254 e. The Kier molecular flexibility index (Phi) is 6.58. The van der Waals surface area contributed by atoms with Crippen LogP contribution in [0.1, 0.15) is 24.2 Å². The summed E-state index contributed by atoms with van der Waals surface area (Å²) < 4.78 is 18.8. The first-order chi connectivity index (χ1) is 12.3. The Morgan fingerprint density at radius 2 is 1.85 bits per heavy atom. The van der Waals surface area contributed by atoms with E-state index in [9.17, 15) is 14.0 Å². The molecule has 2 aromatic rings. The summed E-state index contributed by atoms with van der Waals surface area (Å²) in [5.74, 6) is -1.44. The van der Waals surface area contributed by atoms with E-state index >= 15 is 0 Å². The van der Waals surface area contributed by atoms with Crippen LogP contribution in [0.25, 0.3) is 0 Å². The predicted octanol–water partition coefficient (Wildman–Crippen LogP) is 3.88. The number of nitrogens with one attached hydrogen (secondary N) is 2. The summed E-state index contributed by atoms with van der Waals surface area (Å²) in [7, 11) is 1.49. The topological polar surface area (TPSA) is 67.4 Å². The molecule has 1 unspecified atom stereocenters. The Morgan fingerprint density at radius 3 is 2.42 bits per heavy atom. The first kappa shape index (κ1) is 19.7. The molecule has 1 atom stereocenters. The first-order valence-electron chi connectivity index (χ1n) is 8.03. The minimum atomic E-state index is -0.844. The Morgan fingerprint density at radius 1 is 1.15 bits per heavy atom. The summed E-state index contributed by atoms with van der Waals surface area (Å²) in [6, 6.07) is 9.58. The lowest BCUT2D eigenvalue weighted by molar-refractivity contribution is -0.118. The number of benzene rings is 2. The average Bonchev–Trinajstić information content (AvgIpc) is 2.59. The van der Waals surface area contributed by atoms with Gasteiger partial charge in [0.1, 0.15) is 17.6 Å². The van der Waals surface area contributed by atoms with E-state index in [2.05, 4.69) is 10.6 Å². The van der Waals surface area contributed by atoms with Crippen molar-refractivity contribution in [3.05, 3.63) is 58.9 Å². The second-order valence-electron chi connectivity index (χ2n) is 6.01. The molecule has 2 amide bonds. The fourth-order valence-corrected chi connectivity index (χ4v) is 2.62. The maximum Gasteiger partial charge on any atom is 0.254 e. The molecule has 26 heavy (non-hydrogen) atoms. The number of anilines is 1. The van der Waals surface area contributed by atoms with E-state index in [1.165, 1.54) is 25.3 Å². The molecule has 0 spiro atoms. The Bertz CT molecular complexity index is 811. The van der Waals surface area contributed by atoms with Crippen LogP contribution in [0.2, 0.25) is 5.02 Å². The second-order valence-corrected chi connectivity index (χ2v) is 6.42. The highest BCUT2D eigenvalue weighted by Crippen LogP contribution is 2.27. The van der Waals surface area contributed by atoms with E-state index in [1.54, 1.807) is 38.1 Å². The van der Waals surface area contributed by atoms with Gasteiger partial charge in [0, 0.05) is 5.69 Å². The number of rotatable bonds is 6. The maximum absolute atomic E-state index is 13.8. The van der Waals surface area contributed by atoms with Gasteiger partial charge in [-0.2, -0.15) is 0 Å². The summed E-state index contributed by atoms with van der Waals surface area (Å²) in [5.41, 5.74) is 0.352. The zero-order chi connectivity index (χ0) is 19.3. The van der Waals surface area contributed by atoms with E-state index in [1.807, 2.05) is 0 Å². The van der Waals surface area contributed by atoms with Gasteiger partial charge in [0.25, 0.3) is 5.91 Å². The van der Waals surface area contributed by atoms with Gasteiger partial charge in [0.2, 0.25) is 5.91 Å². The summed E-state index contributed by atoms with van der Waals surface area (Å²) in [5, 5.41) is 5.63. The van der Waals surface area contributed by atoms with E-state index in [0.29, 0.717) is 16.5 Å². The molecule has 2 N–H and O–H groups in total. The molecule has 0 fully saturated rings. The van der Waals surface area contributed by atoms with Crippen LogP contribution in [0, 0.1) is 11.7 Å². The first-order valence-corrected chi connectivity index (χ1v) is 8.41. The zero-order valence-corrected chi connectivity index (χ0v) is 15.4. The van der Waals surface area contributed by atoms with Crippen molar-refractivity contribution in [2.75, 3.05) is 12.4 Å². The third kappa shape index (κ3) is 4.73. The number of hydrogen-bond donors (Lipinski definition) is 2. The zero-order valence-electron chi connectivity index (χ0n) is 14.7. The van der Waals surface area contributed by atoms with Gasteiger partial charge in [-0.25, -0.2) is 4.39 Å². The van der Waals surface area contributed by atoms with Crippen molar-refractivity contribution in [3.63, 3.8) is 0 Å². The Balaban J connectivity index is 2.14. The number of carbonyl (C=O) groups excluding carboxylic acids is 2. The van der Waals surface area contributed by atoms with Crippen LogP contribution in [0.3, 0.4) is 0 Å². The van der Waals surface area contributed by atoms with Gasteiger partial charge < -0.3 is 15.4 Å². The molecular weight excluding hydrogens is 359 g/mol. The minimum Gasteiger partial charge on any atom is -0.495 e. The number of halogens is 2. The Hall–Kier alpha value is -2.60. The highest BCUT2D eigenvalue weighted by Gasteiger charge is 2.26. The SMILES string of the molecule is COc1ccc(NC(=O)C(NC(=O)c2ccccc2F)C(C)C)cc1Cl. The molecule has 7 heteroatoms. The third-order valence-corrected chi connectivity index (χ3v) is 4.07. The summed E-state index contributed by atoms with van der Waals surface area (Å²) >= 11 is 6.05. The molecule has 2 rings (SSSR count). The van der Waals surface area contributed by atoms with Crippen LogP contribution in [0.15, 0.2) is 42.5 Å². The van der Waals surface area contributed by atoms with Crippen molar-refractivity contribution in [1.82, 2.24) is 5.32 Å². The van der Waals surface area contributed by atoms with Gasteiger partial charge in [-0.15, -0.1) is 0 Å². The van der Waals surface area contributed by atoms with Gasteiger partial charge in [0.05, 0.1) is 17.7 Å². The lowest BCUT2D eigenvalue weighted by atomic mass is 10.0. The van der Waals surface area contributed by atoms with Crippen molar-refractivity contribution in [1.29, 1.82) is 0 Å². The van der Waals surface area contributed by atoms with Crippen LogP contribution in [-0.2, 0) is 4.79 Å². The molecule has 5 nitrogen and oxygen atoms in total. The van der Waals surface area contributed by atoms with Gasteiger partial charge in [-0.3, -0.25) is 9.59 Å². The largest absolute Gasteiger partial charge is 0.495 e.